The molecule has 0 spiro atoms. The van der Waals surface area contributed by atoms with Crippen LogP contribution in [0.1, 0.15) is 55.8 Å². The van der Waals surface area contributed by atoms with E-state index in [1.807, 2.05) is 0 Å². The fourth-order valence-electron chi connectivity index (χ4n) is 3.95. The predicted octanol–water partition coefficient (Wildman–Crippen LogP) is 3.92. The number of fused-ring (bicyclic) bond motifs is 1. The van der Waals surface area contributed by atoms with Gasteiger partial charge in [0.25, 0.3) is 0 Å². The lowest BCUT2D eigenvalue weighted by Crippen LogP contribution is -2.17. The monoisotopic (exact) mass is 329 g/mol. The van der Waals surface area contributed by atoms with Crippen LogP contribution in [-0.2, 0) is 0 Å². The molecule has 0 aliphatic heterocycles. The molecule has 1 fully saturated rings. The Morgan fingerprint density at radius 3 is 2.62 bits per heavy atom. The highest BCUT2D eigenvalue weighted by Crippen LogP contribution is 2.36. The van der Waals surface area contributed by atoms with Gasteiger partial charge in [0.15, 0.2) is 0 Å². The average Bonchev–Trinajstić information content (AvgIpc) is 2.84. The van der Waals surface area contributed by atoms with E-state index in [-0.39, 0.29) is 0 Å². The highest BCUT2D eigenvalue weighted by Gasteiger charge is 2.23. The van der Waals surface area contributed by atoms with Gasteiger partial charge in [0.1, 0.15) is 17.8 Å². The van der Waals surface area contributed by atoms with Crippen LogP contribution in [0.5, 0.6) is 0 Å². The van der Waals surface area contributed by atoms with Crippen molar-refractivity contribution < 1.29 is 0 Å². The van der Waals surface area contributed by atoms with Crippen LogP contribution in [0.15, 0.2) is 6.33 Å². The summed E-state index contributed by atoms with van der Waals surface area (Å²) in [5.74, 6) is 0.994. The second-order valence-corrected chi connectivity index (χ2v) is 7.38. The maximum Gasteiger partial charge on any atom is 0.146 e. The molecular formula is C19H31N5. The SMILES string of the molecule is Cc1c(C)n(C2CCCCC2)c2ncnc(NCCCN(C)C)c12. The van der Waals surface area contributed by atoms with Crippen LogP contribution in [0.3, 0.4) is 0 Å². The van der Waals surface area contributed by atoms with E-state index in [1.165, 1.54) is 48.7 Å². The van der Waals surface area contributed by atoms with Crippen molar-refractivity contribution in [1.82, 2.24) is 19.4 Å². The van der Waals surface area contributed by atoms with Crippen molar-refractivity contribution in [3.8, 4) is 0 Å². The van der Waals surface area contributed by atoms with Crippen molar-refractivity contribution in [2.75, 3.05) is 32.5 Å². The molecule has 3 rings (SSSR count). The molecule has 0 amide bonds. The van der Waals surface area contributed by atoms with Crippen molar-refractivity contribution in [3.63, 3.8) is 0 Å². The Kier molecular flexibility index (Phi) is 5.39. The molecule has 2 aromatic rings. The Labute approximate surface area is 145 Å². The molecule has 1 N–H and O–H groups in total. The van der Waals surface area contributed by atoms with E-state index in [2.05, 4.69) is 52.7 Å². The number of hydrogen-bond donors (Lipinski definition) is 1. The van der Waals surface area contributed by atoms with Gasteiger partial charge in [-0.3, -0.25) is 0 Å². The van der Waals surface area contributed by atoms with Crippen LogP contribution < -0.4 is 5.32 Å². The summed E-state index contributed by atoms with van der Waals surface area (Å²) >= 11 is 0. The van der Waals surface area contributed by atoms with Gasteiger partial charge < -0.3 is 14.8 Å². The van der Waals surface area contributed by atoms with E-state index in [1.54, 1.807) is 6.33 Å². The van der Waals surface area contributed by atoms with Crippen LogP contribution in [0, 0.1) is 13.8 Å². The topological polar surface area (TPSA) is 46.0 Å². The van der Waals surface area contributed by atoms with Gasteiger partial charge in [0.2, 0.25) is 0 Å². The Balaban J connectivity index is 1.89. The first-order valence-corrected chi connectivity index (χ1v) is 9.30. The molecule has 1 aliphatic rings. The van der Waals surface area contributed by atoms with Crippen LogP contribution in [0.25, 0.3) is 11.0 Å². The maximum absolute atomic E-state index is 4.66. The molecular weight excluding hydrogens is 298 g/mol. The minimum atomic E-state index is 0.603. The Morgan fingerprint density at radius 2 is 1.92 bits per heavy atom. The summed E-state index contributed by atoms with van der Waals surface area (Å²) in [5, 5.41) is 4.75. The summed E-state index contributed by atoms with van der Waals surface area (Å²) in [6.07, 6.45) is 9.43. The highest BCUT2D eigenvalue weighted by atomic mass is 15.1. The number of anilines is 1. The summed E-state index contributed by atoms with van der Waals surface area (Å²) in [5.41, 5.74) is 3.79. The first-order chi connectivity index (χ1) is 11.6. The molecule has 0 bridgehead atoms. The lowest BCUT2D eigenvalue weighted by molar-refractivity contribution is 0.355. The van der Waals surface area contributed by atoms with Crippen LogP contribution in [0.4, 0.5) is 5.82 Å². The number of nitrogens with one attached hydrogen (secondary N) is 1. The summed E-state index contributed by atoms with van der Waals surface area (Å²) in [6.45, 7) is 6.48. The summed E-state index contributed by atoms with van der Waals surface area (Å²) in [6, 6.07) is 0.603. The van der Waals surface area contributed by atoms with Crippen molar-refractivity contribution in [1.29, 1.82) is 0 Å². The van der Waals surface area contributed by atoms with Crippen molar-refractivity contribution in [2.24, 2.45) is 0 Å². The molecule has 0 aromatic carbocycles. The van der Waals surface area contributed by atoms with Crippen LogP contribution in [-0.4, -0.2) is 46.6 Å². The van der Waals surface area contributed by atoms with E-state index < -0.39 is 0 Å². The average molecular weight is 329 g/mol. The van der Waals surface area contributed by atoms with E-state index in [0.717, 1.165) is 31.0 Å². The Bertz CT molecular complexity index is 683. The molecule has 0 saturated heterocycles. The molecule has 1 saturated carbocycles. The van der Waals surface area contributed by atoms with Crippen LogP contribution >= 0.6 is 0 Å². The second-order valence-electron chi connectivity index (χ2n) is 7.38. The first-order valence-electron chi connectivity index (χ1n) is 9.30. The summed E-state index contributed by atoms with van der Waals surface area (Å²) in [4.78, 5) is 11.4. The molecule has 0 unspecified atom stereocenters. The number of aromatic nitrogens is 3. The van der Waals surface area contributed by atoms with Gasteiger partial charge in [0, 0.05) is 18.3 Å². The van der Waals surface area contributed by atoms with Gasteiger partial charge in [-0.15, -0.1) is 0 Å². The third-order valence-corrected chi connectivity index (χ3v) is 5.35. The normalized spacial score (nSPS) is 16.2. The van der Waals surface area contributed by atoms with E-state index in [4.69, 9.17) is 0 Å². The van der Waals surface area contributed by atoms with Gasteiger partial charge in [-0.1, -0.05) is 19.3 Å². The molecule has 2 heterocycles. The van der Waals surface area contributed by atoms with E-state index in [0.29, 0.717) is 6.04 Å². The third kappa shape index (κ3) is 3.41. The van der Waals surface area contributed by atoms with Gasteiger partial charge in [0.05, 0.1) is 5.39 Å². The van der Waals surface area contributed by atoms with Crippen molar-refractivity contribution in [2.45, 2.75) is 58.4 Å². The van der Waals surface area contributed by atoms with Gasteiger partial charge in [-0.25, -0.2) is 9.97 Å². The van der Waals surface area contributed by atoms with Crippen molar-refractivity contribution >= 4 is 16.9 Å². The highest BCUT2D eigenvalue weighted by molar-refractivity contribution is 5.92. The molecule has 5 nitrogen and oxygen atoms in total. The molecule has 24 heavy (non-hydrogen) atoms. The van der Waals surface area contributed by atoms with Crippen LogP contribution in [0.2, 0.25) is 0 Å². The van der Waals surface area contributed by atoms with Crippen molar-refractivity contribution in [3.05, 3.63) is 17.6 Å². The Hall–Kier alpha value is -1.62. The minimum absolute atomic E-state index is 0.603. The zero-order valence-corrected chi connectivity index (χ0v) is 15.6. The quantitative estimate of drug-likeness (QED) is 0.816. The number of hydrogen-bond acceptors (Lipinski definition) is 4. The molecule has 0 atom stereocenters. The summed E-state index contributed by atoms with van der Waals surface area (Å²) < 4.78 is 2.48. The van der Waals surface area contributed by atoms with E-state index >= 15 is 0 Å². The standard InChI is InChI=1S/C19H31N5/c1-14-15(2)24(16-9-6-5-7-10-16)19-17(14)18(21-13-22-19)20-11-8-12-23(3)4/h13,16H,5-12H2,1-4H3,(H,20,21,22). The fraction of sp³-hybridized carbons (Fsp3) is 0.684. The first kappa shape index (κ1) is 17.2. The van der Waals surface area contributed by atoms with Gasteiger partial charge >= 0.3 is 0 Å². The molecule has 0 radical (unpaired) electrons. The number of nitrogens with zero attached hydrogens (tertiary/aromatic N) is 4. The van der Waals surface area contributed by atoms with Gasteiger partial charge in [-0.2, -0.15) is 0 Å². The predicted molar refractivity (Wildman–Crippen MR) is 101 cm³/mol. The lowest BCUT2D eigenvalue weighted by atomic mass is 9.95. The molecule has 2 aromatic heterocycles. The largest absolute Gasteiger partial charge is 0.369 e. The third-order valence-electron chi connectivity index (χ3n) is 5.35. The zero-order chi connectivity index (χ0) is 17.1. The molecule has 132 valence electrons. The van der Waals surface area contributed by atoms with E-state index in [9.17, 15) is 0 Å². The second kappa shape index (κ2) is 7.51. The lowest BCUT2D eigenvalue weighted by Gasteiger charge is -2.25. The fourth-order valence-corrected chi connectivity index (χ4v) is 3.95. The zero-order valence-electron chi connectivity index (χ0n) is 15.6. The number of rotatable bonds is 6. The molecule has 1 aliphatic carbocycles. The smallest absolute Gasteiger partial charge is 0.146 e. The number of aryl methyl sites for hydroxylation is 1. The van der Waals surface area contributed by atoms with Gasteiger partial charge in [-0.05, 0) is 59.3 Å². The summed E-state index contributed by atoms with van der Waals surface area (Å²) in [7, 11) is 4.22. The Morgan fingerprint density at radius 1 is 1.17 bits per heavy atom. The maximum atomic E-state index is 4.66. The minimum Gasteiger partial charge on any atom is -0.369 e. The molecule has 5 heteroatoms.